The maximum Gasteiger partial charge on any atom is 0.262 e. The Kier molecular flexibility index (Phi) is 7.24. The number of hydrogen-bond donors (Lipinski definition) is 1. The number of aryl methyl sites for hydroxylation is 1. The summed E-state index contributed by atoms with van der Waals surface area (Å²) in [7, 11) is 0. The molecule has 0 radical (unpaired) electrons. The number of amides is 1. The van der Waals surface area contributed by atoms with E-state index in [-0.39, 0.29) is 57.1 Å². The van der Waals surface area contributed by atoms with E-state index in [0.717, 1.165) is 11.3 Å². The van der Waals surface area contributed by atoms with E-state index in [9.17, 15) is 14.7 Å². The lowest BCUT2D eigenvalue weighted by atomic mass is 9.91. The minimum absolute atomic E-state index is 0.0129. The zero-order chi connectivity index (χ0) is 30.7. The number of anilines is 1. The molecule has 8 nitrogen and oxygen atoms in total. The maximum absolute atomic E-state index is 16.2. The van der Waals surface area contributed by atoms with E-state index in [1.807, 2.05) is 33.8 Å². The smallest absolute Gasteiger partial charge is 0.262 e. The lowest BCUT2D eigenvalue weighted by Gasteiger charge is -2.49. The van der Waals surface area contributed by atoms with Gasteiger partial charge < -0.3 is 14.9 Å². The van der Waals surface area contributed by atoms with Crippen LogP contribution in [-0.4, -0.2) is 55.6 Å². The number of nitrogens with zero attached hydrogens (tertiary/aromatic N) is 5. The highest BCUT2D eigenvalue weighted by molar-refractivity contribution is 6.33. The van der Waals surface area contributed by atoms with Crippen LogP contribution >= 0.6 is 11.6 Å². The van der Waals surface area contributed by atoms with E-state index in [1.54, 1.807) is 27.8 Å². The maximum atomic E-state index is 16.2. The first kappa shape index (κ1) is 28.9. The number of pyridine rings is 3. The first-order chi connectivity index (χ1) is 20.5. The van der Waals surface area contributed by atoms with Crippen LogP contribution in [0.5, 0.6) is 5.75 Å². The highest BCUT2D eigenvalue weighted by Crippen LogP contribution is 2.42. The van der Waals surface area contributed by atoms with E-state index < -0.39 is 5.82 Å². The van der Waals surface area contributed by atoms with Crippen LogP contribution in [0.1, 0.15) is 49.9 Å². The predicted molar refractivity (Wildman–Crippen MR) is 167 cm³/mol. The second kappa shape index (κ2) is 10.8. The third-order valence-corrected chi connectivity index (χ3v) is 8.95. The molecule has 1 N–H and O–H groups in total. The zero-order valence-electron chi connectivity index (χ0n) is 24.6. The second-order valence-electron chi connectivity index (χ2n) is 11.7. The van der Waals surface area contributed by atoms with E-state index in [4.69, 9.17) is 16.6 Å². The van der Waals surface area contributed by atoms with E-state index in [1.165, 1.54) is 18.2 Å². The van der Waals surface area contributed by atoms with Gasteiger partial charge in [0.15, 0.2) is 5.82 Å². The van der Waals surface area contributed by atoms with Crippen LogP contribution in [0.4, 0.5) is 10.1 Å². The Balaban J connectivity index is 1.70. The predicted octanol–water partition coefficient (Wildman–Crippen LogP) is 5.92. The van der Waals surface area contributed by atoms with Gasteiger partial charge in [-0.2, -0.15) is 0 Å². The van der Waals surface area contributed by atoms with Crippen LogP contribution in [0.15, 0.2) is 54.0 Å². The van der Waals surface area contributed by atoms with E-state index in [2.05, 4.69) is 16.5 Å². The molecule has 0 spiro atoms. The molecule has 3 aromatic heterocycles. The lowest BCUT2D eigenvalue weighted by Crippen LogP contribution is -2.60. The van der Waals surface area contributed by atoms with Crippen molar-refractivity contribution in [3.63, 3.8) is 0 Å². The number of carbonyl (C=O) groups excluding carboxylic acids is 1. The molecule has 1 aromatic carbocycles. The Morgan fingerprint density at radius 1 is 1.23 bits per heavy atom. The molecule has 5 heterocycles. The van der Waals surface area contributed by atoms with Gasteiger partial charge >= 0.3 is 0 Å². The molecule has 222 valence electrons. The van der Waals surface area contributed by atoms with Crippen molar-refractivity contribution < 1.29 is 14.3 Å². The Morgan fingerprint density at radius 2 is 2.00 bits per heavy atom. The number of phenols is 1. The highest BCUT2D eigenvalue weighted by atomic mass is 35.5. The first-order valence-electron chi connectivity index (χ1n) is 14.4. The van der Waals surface area contributed by atoms with Crippen molar-refractivity contribution in [3.8, 4) is 22.7 Å². The Morgan fingerprint density at radius 3 is 2.70 bits per heavy atom. The van der Waals surface area contributed by atoms with Crippen molar-refractivity contribution in [1.29, 1.82) is 0 Å². The van der Waals surface area contributed by atoms with Gasteiger partial charge in [0.2, 0.25) is 5.91 Å². The average Bonchev–Trinajstić information content (AvgIpc) is 2.97. The molecule has 0 aliphatic carbocycles. The Labute approximate surface area is 254 Å². The minimum Gasteiger partial charge on any atom is -0.507 e. The zero-order valence-corrected chi connectivity index (χ0v) is 25.3. The monoisotopic (exact) mass is 601 g/mol. The van der Waals surface area contributed by atoms with Gasteiger partial charge in [0, 0.05) is 42.3 Å². The largest absolute Gasteiger partial charge is 0.507 e. The summed E-state index contributed by atoms with van der Waals surface area (Å²) in [6, 6.07) is 7.56. The summed E-state index contributed by atoms with van der Waals surface area (Å²) >= 11 is 6.45. The fourth-order valence-corrected chi connectivity index (χ4v) is 6.84. The number of hydrogen-bond acceptors (Lipinski definition) is 6. The van der Waals surface area contributed by atoms with Crippen LogP contribution in [0.3, 0.4) is 0 Å². The number of piperazine rings is 1. The Bertz CT molecular complexity index is 1850. The van der Waals surface area contributed by atoms with Crippen LogP contribution in [-0.2, 0) is 11.2 Å². The van der Waals surface area contributed by atoms with Gasteiger partial charge in [-0.1, -0.05) is 38.1 Å². The number of fused-ring (bicyclic) bond motifs is 5. The number of halogens is 2. The fourth-order valence-electron chi connectivity index (χ4n) is 6.58. The molecule has 1 fully saturated rings. The minimum atomic E-state index is -0.675. The van der Waals surface area contributed by atoms with Crippen molar-refractivity contribution >= 4 is 34.2 Å². The van der Waals surface area contributed by atoms with Crippen molar-refractivity contribution in [2.45, 2.75) is 58.5 Å². The molecule has 0 saturated carbocycles. The number of aromatic nitrogens is 3. The number of benzene rings is 1. The van der Waals surface area contributed by atoms with Crippen molar-refractivity contribution in [2.75, 3.05) is 18.0 Å². The van der Waals surface area contributed by atoms with Gasteiger partial charge in [0.1, 0.15) is 17.1 Å². The summed E-state index contributed by atoms with van der Waals surface area (Å²) in [4.78, 5) is 40.6. The third-order valence-electron chi connectivity index (χ3n) is 8.64. The number of carbonyl (C=O) groups is 1. The summed E-state index contributed by atoms with van der Waals surface area (Å²) < 4.78 is 17.7. The molecule has 43 heavy (non-hydrogen) atoms. The van der Waals surface area contributed by atoms with Crippen molar-refractivity contribution in [3.05, 3.63) is 87.2 Å². The third kappa shape index (κ3) is 4.57. The van der Waals surface area contributed by atoms with Gasteiger partial charge in [0.05, 0.1) is 27.7 Å². The molecule has 2 unspecified atom stereocenters. The molecule has 1 saturated heterocycles. The van der Waals surface area contributed by atoms with Crippen LogP contribution in [0.2, 0.25) is 5.02 Å². The molecule has 2 aliphatic heterocycles. The van der Waals surface area contributed by atoms with E-state index in [0.29, 0.717) is 48.3 Å². The summed E-state index contributed by atoms with van der Waals surface area (Å²) in [6.07, 6.45) is 4.16. The molecule has 4 aromatic rings. The molecule has 6 rings (SSSR count). The topological polar surface area (TPSA) is 91.6 Å². The van der Waals surface area contributed by atoms with Gasteiger partial charge in [0.25, 0.3) is 5.56 Å². The number of rotatable bonds is 4. The van der Waals surface area contributed by atoms with Gasteiger partial charge in [-0.3, -0.25) is 19.1 Å². The van der Waals surface area contributed by atoms with Crippen molar-refractivity contribution in [1.82, 2.24) is 19.4 Å². The summed E-state index contributed by atoms with van der Waals surface area (Å²) in [5, 5.41) is 11.3. The number of aromatic hydroxyl groups is 1. The number of phenolic OH excluding ortho intramolecular Hbond substituents is 1. The molecule has 10 heteroatoms. The van der Waals surface area contributed by atoms with Gasteiger partial charge in [-0.15, -0.1) is 0 Å². The standard InChI is InChI=1S/C33H33ClFN5O3/c1-6-26(42)38-16-20-10-11-21-31(39(20)15-19(38)5)22-14-24(35)29(27-23(34)8-7-9-25(27)41)37-32(22)40(33(21)43)30-18(4)12-13-36-28(30)17(2)3/h6-9,12-14,17,19-20,41H,1,10-11,15-16H2,2-5H3. The average molecular weight is 602 g/mol. The van der Waals surface area contributed by atoms with E-state index >= 15 is 4.39 Å². The lowest BCUT2D eigenvalue weighted by molar-refractivity contribution is -0.129. The van der Waals surface area contributed by atoms with Crippen LogP contribution in [0.25, 0.3) is 28.0 Å². The molecular formula is C33H33ClFN5O3. The molecule has 1 amide bonds. The van der Waals surface area contributed by atoms with Crippen LogP contribution in [0, 0.1) is 12.7 Å². The summed E-state index contributed by atoms with van der Waals surface area (Å²) in [5.74, 6) is -1.04. The Hall–Kier alpha value is -4.24. The quantitative estimate of drug-likeness (QED) is 0.292. The second-order valence-corrected chi connectivity index (χ2v) is 12.1. The summed E-state index contributed by atoms with van der Waals surface area (Å²) in [5.41, 5.74) is 3.27. The molecule has 0 bridgehead atoms. The molecular weight excluding hydrogens is 569 g/mol. The van der Waals surface area contributed by atoms with Crippen LogP contribution < -0.4 is 10.5 Å². The normalized spacial score (nSPS) is 18.1. The summed E-state index contributed by atoms with van der Waals surface area (Å²) in [6.45, 7) is 12.5. The molecule has 2 atom stereocenters. The highest BCUT2D eigenvalue weighted by Gasteiger charge is 2.39. The first-order valence-corrected chi connectivity index (χ1v) is 14.8. The van der Waals surface area contributed by atoms with Gasteiger partial charge in [-0.05, 0) is 68.5 Å². The SMILES string of the molecule is C=CC(=O)N1CC2CCc3c(c4cc(F)c(-c5c(O)cccc5Cl)nc4n(-c4c(C)ccnc4C(C)C)c3=O)N2CC1C. The fraction of sp³-hybridized carbons (Fsp3) is 0.333. The van der Waals surface area contributed by atoms with Crippen molar-refractivity contribution in [2.24, 2.45) is 0 Å². The van der Waals surface area contributed by atoms with Gasteiger partial charge in [-0.25, -0.2) is 9.37 Å². The molecule has 2 aliphatic rings.